The van der Waals surface area contributed by atoms with Crippen molar-refractivity contribution in [1.82, 2.24) is 5.32 Å². The normalized spacial score (nSPS) is 23.8. The van der Waals surface area contributed by atoms with Gasteiger partial charge in [-0.2, -0.15) is 0 Å². The first-order valence-electron chi connectivity index (χ1n) is 4.52. The van der Waals surface area contributed by atoms with E-state index in [1.165, 1.54) is 11.3 Å². The van der Waals surface area contributed by atoms with Crippen molar-refractivity contribution in [3.8, 4) is 0 Å². The van der Waals surface area contributed by atoms with E-state index in [9.17, 15) is 0 Å². The minimum atomic E-state index is 0.549. The van der Waals surface area contributed by atoms with Gasteiger partial charge in [-0.15, -0.1) is 0 Å². The molecule has 0 radical (unpaired) electrons. The van der Waals surface area contributed by atoms with Crippen LogP contribution in [0, 0.1) is 0 Å². The monoisotopic (exact) mass is 170 g/mol. The zero-order valence-corrected chi connectivity index (χ0v) is 7.20. The molecule has 1 unspecified atom stereocenters. The molecule has 64 valence electrons. The molecule has 0 aromatic heterocycles. The zero-order chi connectivity index (χ0) is 8.67. The van der Waals surface area contributed by atoms with Gasteiger partial charge >= 0.3 is 0 Å². The fourth-order valence-corrected chi connectivity index (χ4v) is 1.55. The molecule has 3 rings (SSSR count). The van der Waals surface area contributed by atoms with E-state index in [2.05, 4.69) is 22.4 Å². The van der Waals surface area contributed by atoms with Crippen molar-refractivity contribution in [1.29, 1.82) is 0 Å². The van der Waals surface area contributed by atoms with Crippen molar-refractivity contribution >= 4 is 11.4 Å². The van der Waals surface area contributed by atoms with Crippen LogP contribution >= 0.6 is 0 Å². The minimum absolute atomic E-state index is 0.549. The van der Waals surface area contributed by atoms with Gasteiger partial charge in [0.15, 0.2) is 0 Å². The maximum absolute atomic E-state index is 4.54. The molecule has 0 spiro atoms. The van der Waals surface area contributed by atoms with Gasteiger partial charge in [0.25, 0.3) is 0 Å². The first-order valence-corrected chi connectivity index (χ1v) is 4.52. The molecule has 1 fully saturated rings. The molecule has 0 bridgehead atoms. The van der Waals surface area contributed by atoms with Crippen LogP contribution in [0.1, 0.15) is 12.0 Å². The molecule has 13 heavy (non-hydrogen) atoms. The fourth-order valence-electron chi connectivity index (χ4n) is 1.55. The number of aliphatic imine (C=N–C) groups is 1. The predicted octanol–water partition coefficient (Wildman–Crippen LogP) is 1.80. The van der Waals surface area contributed by atoms with Gasteiger partial charge in [0.1, 0.15) is 0 Å². The molecule has 2 nitrogen and oxygen atoms in total. The van der Waals surface area contributed by atoms with E-state index >= 15 is 0 Å². The van der Waals surface area contributed by atoms with E-state index in [-0.39, 0.29) is 0 Å². The lowest BCUT2D eigenvalue weighted by molar-refractivity contribution is 0.891. The number of benzene rings is 1. The molecule has 1 aromatic carbocycles. The highest BCUT2D eigenvalue weighted by atomic mass is 15.0. The number of rotatable bonds is 1. The van der Waals surface area contributed by atoms with Crippen LogP contribution < -0.4 is 5.32 Å². The van der Waals surface area contributed by atoms with Gasteiger partial charge in [0, 0.05) is 23.9 Å². The number of hydrogen-bond acceptors (Lipinski definition) is 2. The highest BCUT2D eigenvalue weighted by Gasteiger charge is 2.33. The first-order chi connectivity index (χ1) is 6.43. The first kappa shape index (κ1) is 6.89. The molecule has 0 amide bonds. The summed E-state index contributed by atoms with van der Waals surface area (Å²) in [4.78, 5) is 4.54. The zero-order valence-electron chi connectivity index (χ0n) is 7.20. The molecular formula is C11H10N2. The maximum atomic E-state index is 4.54. The predicted molar refractivity (Wildman–Crippen MR) is 53.4 cm³/mol. The van der Waals surface area contributed by atoms with Crippen LogP contribution in [0.15, 0.2) is 41.5 Å². The Hall–Kier alpha value is -1.57. The topological polar surface area (TPSA) is 24.4 Å². The summed E-state index contributed by atoms with van der Waals surface area (Å²) in [5.41, 5.74) is 3.54. The summed E-state index contributed by atoms with van der Waals surface area (Å²) in [6.45, 7) is 0. The molecule has 1 aliphatic carbocycles. The molecule has 1 atom stereocenters. The van der Waals surface area contributed by atoms with Crippen molar-refractivity contribution in [2.24, 2.45) is 4.99 Å². The maximum Gasteiger partial charge on any atom is 0.0858 e. The van der Waals surface area contributed by atoms with Crippen LogP contribution in [0.3, 0.4) is 0 Å². The fraction of sp³-hybridized carbons (Fsp3) is 0.182. The van der Waals surface area contributed by atoms with Crippen molar-refractivity contribution < 1.29 is 0 Å². The molecular weight excluding hydrogens is 160 g/mol. The minimum Gasteiger partial charge on any atom is -0.381 e. The summed E-state index contributed by atoms with van der Waals surface area (Å²) in [7, 11) is 0. The standard InChI is InChI=1S/C11H10N2/c1-2-4-8(5-3-1)11-7-12-9-6-10(9)13-11/h1-5,7,9,12H,6H2. The van der Waals surface area contributed by atoms with Gasteiger partial charge in [-0.3, -0.25) is 4.99 Å². The number of nitrogens with one attached hydrogen (secondary N) is 1. The van der Waals surface area contributed by atoms with Crippen molar-refractivity contribution in [3.05, 3.63) is 42.1 Å². The van der Waals surface area contributed by atoms with Crippen LogP contribution in [0.2, 0.25) is 0 Å². The van der Waals surface area contributed by atoms with Gasteiger partial charge in [0.2, 0.25) is 0 Å². The van der Waals surface area contributed by atoms with E-state index in [1.54, 1.807) is 0 Å². The van der Waals surface area contributed by atoms with Gasteiger partial charge < -0.3 is 5.32 Å². The molecule has 1 saturated carbocycles. The Balaban J connectivity index is 1.98. The second-order valence-electron chi connectivity index (χ2n) is 3.42. The van der Waals surface area contributed by atoms with Crippen LogP contribution in [-0.2, 0) is 0 Å². The summed E-state index contributed by atoms with van der Waals surface area (Å²) in [6.07, 6.45) is 3.13. The quantitative estimate of drug-likeness (QED) is 0.682. The van der Waals surface area contributed by atoms with E-state index < -0.39 is 0 Å². The summed E-state index contributed by atoms with van der Waals surface area (Å²) >= 11 is 0. The average molecular weight is 170 g/mol. The average Bonchev–Trinajstić information content (AvgIpc) is 2.96. The van der Waals surface area contributed by atoms with E-state index in [0.717, 1.165) is 12.1 Å². The summed E-state index contributed by atoms with van der Waals surface area (Å²) < 4.78 is 0. The third-order valence-corrected chi connectivity index (χ3v) is 2.41. The van der Waals surface area contributed by atoms with Crippen LogP contribution in [0.4, 0.5) is 0 Å². The van der Waals surface area contributed by atoms with Gasteiger partial charge in [-0.05, 0) is 0 Å². The second-order valence-corrected chi connectivity index (χ2v) is 3.42. The van der Waals surface area contributed by atoms with Crippen molar-refractivity contribution in [3.63, 3.8) is 0 Å². The third-order valence-electron chi connectivity index (χ3n) is 2.41. The molecule has 2 aliphatic rings. The Morgan fingerprint density at radius 3 is 2.85 bits per heavy atom. The van der Waals surface area contributed by atoms with Crippen LogP contribution in [0.5, 0.6) is 0 Å². The number of hydrogen-bond donors (Lipinski definition) is 1. The summed E-state index contributed by atoms with van der Waals surface area (Å²) in [5, 5.41) is 3.31. The number of fused-ring (bicyclic) bond motifs is 1. The Morgan fingerprint density at radius 1 is 1.23 bits per heavy atom. The SMILES string of the molecule is C1=C(c2ccccc2)N=C2CC2N1. The van der Waals surface area contributed by atoms with Gasteiger partial charge in [-0.1, -0.05) is 30.3 Å². The Kier molecular flexibility index (Phi) is 1.30. The van der Waals surface area contributed by atoms with Gasteiger partial charge in [0.05, 0.1) is 11.7 Å². The molecule has 2 heteroatoms. The molecule has 0 saturated heterocycles. The second kappa shape index (κ2) is 2.46. The lowest BCUT2D eigenvalue weighted by Crippen LogP contribution is -2.13. The Labute approximate surface area is 77.0 Å². The van der Waals surface area contributed by atoms with Gasteiger partial charge in [-0.25, -0.2) is 0 Å². The number of nitrogens with zero attached hydrogens (tertiary/aromatic N) is 1. The highest BCUT2D eigenvalue weighted by molar-refractivity contribution is 6.08. The lowest BCUT2D eigenvalue weighted by atomic mass is 10.2. The van der Waals surface area contributed by atoms with E-state index in [0.29, 0.717) is 6.04 Å². The molecule has 1 aliphatic heterocycles. The summed E-state index contributed by atoms with van der Waals surface area (Å²) in [5.74, 6) is 0. The molecule has 1 N–H and O–H groups in total. The van der Waals surface area contributed by atoms with Crippen molar-refractivity contribution in [2.45, 2.75) is 12.5 Å². The largest absolute Gasteiger partial charge is 0.381 e. The van der Waals surface area contributed by atoms with Crippen molar-refractivity contribution in [2.75, 3.05) is 0 Å². The highest BCUT2D eigenvalue weighted by Crippen LogP contribution is 2.27. The van der Waals surface area contributed by atoms with E-state index in [1.807, 2.05) is 24.4 Å². The smallest absolute Gasteiger partial charge is 0.0858 e. The Morgan fingerprint density at radius 2 is 2.08 bits per heavy atom. The Bertz CT molecular complexity index is 390. The van der Waals surface area contributed by atoms with Crippen LogP contribution in [-0.4, -0.2) is 11.8 Å². The lowest BCUT2D eigenvalue weighted by Gasteiger charge is -2.06. The van der Waals surface area contributed by atoms with Crippen LogP contribution in [0.25, 0.3) is 5.70 Å². The third kappa shape index (κ3) is 1.15. The molecule has 1 aromatic rings. The summed E-state index contributed by atoms with van der Waals surface area (Å²) in [6, 6.07) is 10.8. The van der Waals surface area contributed by atoms with E-state index in [4.69, 9.17) is 0 Å². The molecule has 1 heterocycles.